The lowest BCUT2D eigenvalue weighted by atomic mass is 9.94. The van der Waals surface area contributed by atoms with Crippen LogP contribution in [0.15, 0.2) is 59.7 Å². The number of likely N-dealkylation sites (tertiary alicyclic amines) is 1. The van der Waals surface area contributed by atoms with Crippen LogP contribution in [0.2, 0.25) is 0 Å². The van der Waals surface area contributed by atoms with Gasteiger partial charge in [0, 0.05) is 24.2 Å². The van der Waals surface area contributed by atoms with Crippen LogP contribution in [0.5, 0.6) is 11.5 Å². The zero-order valence-electron chi connectivity index (χ0n) is 15.6. The van der Waals surface area contributed by atoms with E-state index in [9.17, 15) is 15.0 Å². The highest BCUT2D eigenvalue weighted by molar-refractivity contribution is 6.14. The van der Waals surface area contributed by atoms with E-state index in [-0.39, 0.29) is 17.3 Å². The lowest BCUT2D eigenvalue weighted by Gasteiger charge is -2.29. The quantitative estimate of drug-likeness (QED) is 0.780. The Balaban J connectivity index is 1.94. The summed E-state index contributed by atoms with van der Waals surface area (Å²) >= 11 is 0. The molecule has 2 aromatic rings. The molecule has 2 aromatic carbocycles. The molecule has 4 nitrogen and oxygen atoms in total. The maximum absolute atomic E-state index is 13.0. The maximum atomic E-state index is 13.0. The highest BCUT2D eigenvalue weighted by atomic mass is 16.3. The summed E-state index contributed by atoms with van der Waals surface area (Å²) in [5.74, 6) is 0.395. The van der Waals surface area contributed by atoms with Gasteiger partial charge in [0.05, 0.1) is 0 Å². The first-order chi connectivity index (χ1) is 13.0. The number of rotatable bonds is 5. The standard InChI is InChI=1S/C23H25NO3/c1-2-3-10-24-15-19(11-17-6-4-8-21(25)13-17)23(27)20(16-24)12-18-7-5-9-22(26)14-18/h4-9,11-14,25-26H,2-3,10,15-16H2,1H3/b19-11+,20-12+. The van der Waals surface area contributed by atoms with Crippen LogP contribution < -0.4 is 0 Å². The van der Waals surface area contributed by atoms with Crippen molar-refractivity contribution in [3.63, 3.8) is 0 Å². The summed E-state index contributed by atoms with van der Waals surface area (Å²) < 4.78 is 0. The molecule has 0 bridgehead atoms. The summed E-state index contributed by atoms with van der Waals surface area (Å²) in [6.07, 6.45) is 5.89. The molecule has 27 heavy (non-hydrogen) atoms. The van der Waals surface area contributed by atoms with Crippen molar-refractivity contribution in [2.24, 2.45) is 0 Å². The van der Waals surface area contributed by atoms with Gasteiger partial charge in [-0.3, -0.25) is 9.69 Å². The Morgan fingerprint density at radius 1 is 0.926 bits per heavy atom. The second-order valence-corrected chi connectivity index (χ2v) is 6.92. The number of ketones is 1. The number of aromatic hydroxyl groups is 2. The Morgan fingerprint density at radius 2 is 1.44 bits per heavy atom. The fraction of sp³-hybridized carbons (Fsp3) is 0.261. The Hall–Kier alpha value is -2.85. The first-order valence-electron chi connectivity index (χ1n) is 9.31. The third kappa shape index (κ3) is 5.08. The van der Waals surface area contributed by atoms with Gasteiger partial charge in [-0.2, -0.15) is 0 Å². The molecule has 4 heteroatoms. The van der Waals surface area contributed by atoms with E-state index in [0.29, 0.717) is 24.2 Å². The fourth-order valence-electron chi connectivity index (χ4n) is 3.28. The van der Waals surface area contributed by atoms with Gasteiger partial charge in [-0.05, 0) is 60.5 Å². The molecule has 0 spiro atoms. The molecule has 140 valence electrons. The van der Waals surface area contributed by atoms with Crippen molar-refractivity contribution in [3.8, 4) is 11.5 Å². The Bertz CT molecular complexity index is 815. The molecule has 1 heterocycles. The Labute approximate surface area is 160 Å². The lowest BCUT2D eigenvalue weighted by Crippen LogP contribution is -2.38. The van der Waals surface area contributed by atoms with E-state index in [2.05, 4.69) is 11.8 Å². The molecule has 0 aromatic heterocycles. The first kappa shape index (κ1) is 18.9. The topological polar surface area (TPSA) is 60.8 Å². The third-order valence-corrected chi connectivity index (χ3v) is 4.62. The van der Waals surface area contributed by atoms with Crippen molar-refractivity contribution in [2.45, 2.75) is 19.8 Å². The second kappa shape index (κ2) is 8.69. The molecular weight excluding hydrogens is 338 g/mol. The summed E-state index contributed by atoms with van der Waals surface area (Å²) in [6.45, 7) is 4.29. The fourth-order valence-corrected chi connectivity index (χ4v) is 3.28. The first-order valence-corrected chi connectivity index (χ1v) is 9.31. The summed E-state index contributed by atoms with van der Waals surface area (Å²) in [4.78, 5) is 15.3. The van der Waals surface area contributed by atoms with Gasteiger partial charge < -0.3 is 10.2 Å². The predicted molar refractivity (Wildman–Crippen MR) is 109 cm³/mol. The highest BCUT2D eigenvalue weighted by Gasteiger charge is 2.25. The number of carbonyl (C=O) groups is 1. The van der Waals surface area contributed by atoms with Crippen LogP contribution in [-0.4, -0.2) is 40.5 Å². The average Bonchev–Trinajstić information content (AvgIpc) is 2.63. The maximum Gasteiger partial charge on any atom is 0.187 e. The van der Waals surface area contributed by atoms with Crippen LogP contribution in [0.25, 0.3) is 12.2 Å². The lowest BCUT2D eigenvalue weighted by molar-refractivity contribution is -0.113. The van der Waals surface area contributed by atoms with Crippen molar-refractivity contribution in [1.29, 1.82) is 0 Å². The van der Waals surface area contributed by atoms with Gasteiger partial charge in [-0.15, -0.1) is 0 Å². The van der Waals surface area contributed by atoms with Gasteiger partial charge in [0.1, 0.15) is 11.5 Å². The monoisotopic (exact) mass is 363 g/mol. The van der Waals surface area contributed by atoms with Crippen LogP contribution in [0.4, 0.5) is 0 Å². The summed E-state index contributed by atoms with van der Waals surface area (Å²) in [5, 5.41) is 19.4. The van der Waals surface area contributed by atoms with Crippen LogP contribution >= 0.6 is 0 Å². The normalized spacial score (nSPS) is 18.3. The van der Waals surface area contributed by atoms with Gasteiger partial charge >= 0.3 is 0 Å². The van der Waals surface area contributed by atoms with Crippen molar-refractivity contribution >= 4 is 17.9 Å². The average molecular weight is 363 g/mol. The molecule has 0 radical (unpaired) electrons. The predicted octanol–water partition coefficient (Wildman–Crippen LogP) is 4.25. The van der Waals surface area contributed by atoms with Gasteiger partial charge in [-0.25, -0.2) is 0 Å². The molecule has 1 aliphatic heterocycles. The second-order valence-electron chi connectivity index (χ2n) is 6.92. The number of phenols is 2. The van der Waals surface area contributed by atoms with Gasteiger partial charge in [0.2, 0.25) is 0 Å². The van der Waals surface area contributed by atoms with Gasteiger partial charge in [0.25, 0.3) is 0 Å². The molecule has 1 aliphatic rings. The van der Waals surface area contributed by atoms with Crippen LogP contribution in [-0.2, 0) is 4.79 Å². The molecule has 0 atom stereocenters. The number of unbranched alkanes of at least 4 members (excludes halogenated alkanes) is 1. The van der Waals surface area contributed by atoms with Crippen molar-refractivity contribution in [2.75, 3.05) is 19.6 Å². The van der Waals surface area contributed by atoms with E-state index in [0.717, 1.165) is 30.5 Å². The molecule has 2 N–H and O–H groups in total. The van der Waals surface area contributed by atoms with Crippen LogP contribution in [0.1, 0.15) is 30.9 Å². The number of piperidine rings is 1. The van der Waals surface area contributed by atoms with E-state index in [1.165, 1.54) is 0 Å². The molecule has 0 amide bonds. The summed E-state index contributed by atoms with van der Waals surface area (Å²) in [7, 11) is 0. The van der Waals surface area contributed by atoms with Gasteiger partial charge in [0.15, 0.2) is 5.78 Å². The van der Waals surface area contributed by atoms with Gasteiger partial charge in [-0.1, -0.05) is 37.6 Å². The minimum absolute atomic E-state index is 0.0226. The molecular formula is C23H25NO3. The Kier molecular flexibility index (Phi) is 6.09. The molecule has 0 aliphatic carbocycles. The van der Waals surface area contributed by atoms with Crippen molar-refractivity contribution in [3.05, 3.63) is 70.8 Å². The SMILES string of the molecule is CCCCN1C/C(=C\c2cccc(O)c2)C(=O)/C(=C/c2cccc(O)c2)C1. The molecule has 1 fully saturated rings. The van der Waals surface area contributed by atoms with E-state index in [1.807, 2.05) is 24.3 Å². The van der Waals surface area contributed by atoms with Crippen molar-refractivity contribution < 1.29 is 15.0 Å². The number of hydrogen-bond acceptors (Lipinski definition) is 4. The highest BCUT2D eigenvalue weighted by Crippen LogP contribution is 2.24. The smallest absolute Gasteiger partial charge is 0.187 e. The van der Waals surface area contributed by atoms with Crippen LogP contribution in [0, 0.1) is 0 Å². The largest absolute Gasteiger partial charge is 0.508 e. The van der Waals surface area contributed by atoms with E-state index in [4.69, 9.17) is 0 Å². The van der Waals surface area contributed by atoms with Crippen molar-refractivity contribution in [1.82, 2.24) is 4.90 Å². The minimum atomic E-state index is 0.0226. The van der Waals surface area contributed by atoms with E-state index in [1.54, 1.807) is 36.4 Å². The number of hydrogen-bond donors (Lipinski definition) is 2. The molecule has 0 saturated carbocycles. The number of benzene rings is 2. The minimum Gasteiger partial charge on any atom is -0.508 e. The van der Waals surface area contributed by atoms with Crippen LogP contribution in [0.3, 0.4) is 0 Å². The number of carbonyl (C=O) groups excluding carboxylic acids is 1. The summed E-state index contributed by atoms with van der Waals surface area (Å²) in [5.41, 5.74) is 3.06. The number of nitrogens with zero attached hydrogens (tertiary/aromatic N) is 1. The molecule has 0 unspecified atom stereocenters. The number of Topliss-reactive ketones (excluding diaryl/α,β-unsaturated/α-hetero) is 1. The zero-order valence-corrected chi connectivity index (χ0v) is 15.6. The zero-order chi connectivity index (χ0) is 19.2. The van der Waals surface area contributed by atoms with E-state index < -0.39 is 0 Å². The molecule has 1 saturated heterocycles. The van der Waals surface area contributed by atoms with E-state index >= 15 is 0 Å². The Morgan fingerprint density at radius 3 is 1.89 bits per heavy atom. The third-order valence-electron chi connectivity index (χ3n) is 4.62. The molecule has 3 rings (SSSR count). The number of phenolic OH excluding ortho intramolecular Hbond substituents is 2. The summed E-state index contributed by atoms with van der Waals surface area (Å²) in [6, 6.07) is 13.8.